The molecule has 5 heteroatoms. The highest BCUT2D eigenvalue weighted by atomic mass is 16.3. The van der Waals surface area contributed by atoms with Crippen molar-refractivity contribution in [3.63, 3.8) is 0 Å². The van der Waals surface area contributed by atoms with Crippen LogP contribution in [0.5, 0.6) is 5.75 Å². The summed E-state index contributed by atoms with van der Waals surface area (Å²) in [4.78, 5) is 23.9. The Labute approximate surface area is 93.5 Å². The minimum Gasteiger partial charge on any atom is -0.507 e. The molecule has 0 saturated heterocycles. The lowest BCUT2D eigenvalue weighted by molar-refractivity contribution is -0.118. The SMILES string of the molecule is CCN(CC(N)=O)C(=O)c1ccccc1O. The van der Waals surface area contributed by atoms with E-state index in [1.807, 2.05) is 0 Å². The van der Waals surface area contributed by atoms with Crippen LogP contribution in [0.15, 0.2) is 24.3 Å². The molecule has 0 heterocycles. The molecule has 0 saturated carbocycles. The second-order valence-corrected chi connectivity index (χ2v) is 3.30. The van der Waals surface area contributed by atoms with Crippen molar-refractivity contribution in [2.45, 2.75) is 6.92 Å². The van der Waals surface area contributed by atoms with E-state index in [2.05, 4.69) is 0 Å². The maximum absolute atomic E-state index is 11.9. The third-order valence-corrected chi connectivity index (χ3v) is 2.15. The molecule has 3 N–H and O–H groups in total. The molecule has 0 fully saturated rings. The van der Waals surface area contributed by atoms with Gasteiger partial charge in [-0.1, -0.05) is 12.1 Å². The summed E-state index contributed by atoms with van der Waals surface area (Å²) in [6.45, 7) is 1.95. The molecule has 1 aromatic rings. The van der Waals surface area contributed by atoms with Crippen molar-refractivity contribution >= 4 is 11.8 Å². The average molecular weight is 222 g/mol. The third kappa shape index (κ3) is 2.73. The highest BCUT2D eigenvalue weighted by Crippen LogP contribution is 2.17. The van der Waals surface area contributed by atoms with E-state index in [9.17, 15) is 14.7 Å². The molecule has 16 heavy (non-hydrogen) atoms. The standard InChI is InChI=1S/C11H14N2O3/c1-2-13(7-10(12)15)11(16)8-5-3-4-6-9(8)14/h3-6,14H,2,7H2,1H3,(H2,12,15). The number of benzene rings is 1. The molecule has 1 rings (SSSR count). The zero-order chi connectivity index (χ0) is 12.1. The van der Waals surface area contributed by atoms with Crippen LogP contribution in [0.1, 0.15) is 17.3 Å². The zero-order valence-corrected chi connectivity index (χ0v) is 9.01. The van der Waals surface area contributed by atoms with E-state index in [4.69, 9.17) is 5.73 Å². The fourth-order valence-corrected chi connectivity index (χ4v) is 1.34. The Kier molecular flexibility index (Phi) is 3.88. The van der Waals surface area contributed by atoms with Crippen molar-refractivity contribution in [2.24, 2.45) is 5.73 Å². The second-order valence-electron chi connectivity index (χ2n) is 3.30. The van der Waals surface area contributed by atoms with Crippen LogP contribution in [-0.4, -0.2) is 34.9 Å². The van der Waals surface area contributed by atoms with Gasteiger partial charge in [-0.2, -0.15) is 0 Å². The first-order chi connectivity index (χ1) is 7.56. The van der Waals surface area contributed by atoms with E-state index in [1.165, 1.54) is 17.0 Å². The van der Waals surface area contributed by atoms with Gasteiger partial charge in [-0.25, -0.2) is 0 Å². The molecule has 0 atom stereocenters. The van der Waals surface area contributed by atoms with Crippen LogP contribution in [0.2, 0.25) is 0 Å². The minimum absolute atomic E-state index is 0.101. The largest absolute Gasteiger partial charge is 0.507 e. The molecule has 86 valence electrons. The summed E-state index contributed by atoms with van der Waals surface area (Å²) < 4.78 is 0. The Morgan fingerprint density at radius 2 is 2.00 bits per heavy atom. The lowest BCUT2D eigenvalue weighted by Gasteiger charge is -2.19. The summed E-state index contributed by atoms with van der Waals surface area (Å²) in [6, 6.07) is 6.19. The number of carbonyl (C=O) groups excluding carboxylic acids is 2. The fraction of sp³-hybridized carbons (Fsp3) is 0.273. The first-order valence-electron chi connectivity index (χ1n) is 4.91. The van der Waals surface area contributed by atoms with Crippen molar-refractivity contribution < 1.29 is 14.7 Å². The molecule has 0 radical (unpaired) electrons. The van der Waals surface area contributed by atoms with Gasteiger partial charge in [-0.15, -0.1) is 0 Å². The Bertz CT molecular complexity index is 404. The molecular formula is C11H14N2O3. The number of hydrogen-bond acceptors (Lipinski definition) is 3. The van der Waals surface area contributed by atoms with Gasteiger partial charge >= 0.3 is 0 Å². The van der Waals surface area contributed by atoms with Gasteiger partial charge in [0.05, 0.1) is 12.1 Å². The van der Waals surface area contributed by atoms with E-state index in [1.54, 1.807) is 19.1 Å². The summed E-state index contributed by atoms with van der Waals surface area (Å²) in [5, 5.41) is 9.50. The van der Waals surface area contributed by atoms with Crippen LogP contribution < -0.4 is 5.73 Å². The number of nitrogens with two attached hydrogens (primary N) is 1. The van der Waals surface area contributed by atoms with Crippen LogP contribution in [0.3, 0.4) is 0 Å². The van der Waals surface area contributed by atoms with Gasteiger partial charge in [-0.3, -0.25) is 9.59 Å². The molecule has 0 bridgehead atoms. The van der Waals surface area contributed by atoms with Gasteiger partial charge in [0.2, 0.25) is 5.91 Å². The normalized spacial score (nSPS) is 9.81. The van der Waals surface area contributed by atoms with E-state index < -0.39 is 11.8 Å². The van der Waals surface area contributed by atoms with Crippen molar-refractivity contribution in [3.8, 4) is 5.75 Å². The maximum Gasteiger partial charge on any atom is 0.258 e. The maximum atomic E-state index is 11.9. The number of nitrogens with zero attached hydrogens (tertiary/aromatic N) is 1. The first kappa shape index (κ1) is 12.0. The summed E-state index contributed by atoms with van der Waals surface area (Å²) in [5.74, 6) is -1.08. The number of rotatable bonds is 4. The first-order valence-corrected chi connectivity index (χ1v) is 4.91. The van der Waals surface area contributed by atoms with E-state index in [0.29, 0.717) is 6.54 Å². The molecule has 0 spiro atoms. The van der Waals surface area contributed by atoms with E-state index in [-0.39, 0.29) is 17.9 Å². The number of phenolic OH excluding ortho intramolecular Hbond substituents is 1. The van der Waals surface area contributed by atoms with Gasteiger partial charge < -0.3 is 15.7 Å². The van der Waals surface area contributed by atoms with Gasteiger partial charge in [0, 0.05) is 6.54 Å². The van der Waals surface area contributed by atoms with Gasteiger partial charge in [0.1, 0.15) is 5.75 Å². The predicted molar refractivity (Wildman–Crippen MR) is 58.9 cm³/mol. The van der Waals surface area contributed by atoms with Crippen LogP contribution in [0, 0.1) is 0 Å². The van der Waals surface area contributed by atoms with E-state index >= 15 is 0 Å². The molecular weight excluding hydrogens is 208 g/mol. The number of hydrogen-bond donors (Lipinski definition) is 2. The average Bonchev–Trinajstić information content (AvgIpc) is 2.25. The number of primary amides is 1. The third-order valence-electron chi connectivity index (χ3n) is 2.15. The van der Waals surface area contributed by atoms with Crippen LogP contribution >= 0.6 is 0 Å². The summed E-state index contributed by atoms with van der Waals surface area (Å²) in [6.07, 6.45) is 0. The van der Waals surface area contributed by atoms with Crippen molar-refractivity contribution in [3.05, 3.63) is 29.8 Å². The predicted octanol–water partition coefficient (Wildman–Crippen LogP) is 0.340. The Morgan fingerprint density at radius 3 is 2.50 bits per heavy atom. The Morgan fingerprint density at radius 1 is 1.38 bits per heavy atom. The smallest absolute Gasteiger partial charge is 0.258 e. The molecule has 0 unspecified atom stereocenters. The molecule has 0 aliphatic carbocycles. The Hall–Kier alpha value is -2.04. The number of para-hydroxylation sites is 1. The number of likely N-dealkylation sites (N-methyl/N-ethyl adjacent to an activating group) is 1. The highest BCUT2D eigenvalue weighted by Gasteiger charge is 2.18. The summed E-state index contributed by atoms with van der Waals surface area (Å²) in [7, 11) is 0. The quantitative estimate of drug-likeness (QED) is 0.770. The van der Waals surface area contributed by atoms with Gasteiger partial charge in [0.25, 0.3) is 5.91 Å². The number of phenols is 1. The number of aromatic hydroxyl groups is 1. The topological polar surface area (TPSA) is 83.6 Å². The monoisotopic (exact) mass is 222 g/mol. The lowest BCUT2D eigenvalue weighted by atomic mass is 10.1. The van der Waals surface area contributed by atoms with E-state index in [0.717, 1.165) is 0 Å². The molecule has 5 nitrogen and oxygen atoms in total. The van der Waals surface area contributed by atoms with Gasteiger partial charge in [-0.05, 0) is 19.1 Å². The molecule has 2 amide bonds. The molecule has 0 aliphatic rings. The lowest BCUT2D eigenvalue weighted by Crippen LogP contribution is -2.38. The van der Waals surface area contributed by atoms with Crippen molar-refractivity contribution in [2.75, 3.05) is 13.1 Å². The summed E-state index contributed by atoms with van der Waals surface area (Å²) >= 11 is 0. The molecule has 1 aromatic carbocycles. The van der Waals surface area contributed by atoms with Crippen molar-refractivity contribution in [1.29, 1.82) is 0 Å². The number of carbonyl (C=O) groups is 2. The molecule has 0 aliphatic heterocycles. The van der Waals surface area contributed by atoms with Crippen molar-refractivity contribution in [1.82, 2.24) is 4.90 Å². The zero-order valence-electron chi connectivity index (χ0n) is 9.01. The van der Waals surface area contributed by atoms with Crippen LogP contribution in [0.25, 0.3) is 0 Å². The highest BCUT2D eigenvalue weighted by molar-refractivity contribution is 5.98. The van der Waals surface area contributed by atoms with Crippen LogP contribution in [-0.2, 0) is 4.79 Å². The number of amides is 2. The molecule has 0 aromatic heterocycles. The summed E-state index contributed by atoms with van der Waals surface area (Å²) in [5.41, 5.74) is 5.20. The minimum atomic E-state index is -0.578. The second kappa shape index (κ2) is 5.16. The van der Waals surface area contributed by atoms with Gasteiger partial charge in [0.15, 0.2) is 0 Å². The fourth-order valence-electron chi connectivity index (χ4n) is 1.34. The van der Waals surface area contributed by atoms with Crippen LogP contribution in [0.4, 0.5) is 0 Å². The Balaban J connectivity index is 2.91.